The van der Waals surface area contributed by atoms with Gasteiger partial charge in [0.25, 0.3) is 0 Å². The third kappa shape index (κ3) is 11.6. The Balaban J connectivity index is -0.000000125. The standard InChI is InChI=1S/2CHN4.2ClH.Zr/c2*1-2-4-5-3-1;;;/h2*(H,2,3,4,5);2*1H;/q2*-1;;;+4/p-2. The molecule has 0 spiro atoms. The van der Waals surface area contributed by atoms with Gasteiger partial charge in [-0.2, -0.15) is 0 Å². The zero-order chi connectivity index (χ0) is 7.07. The molecule has 0 aliphatic rings. The topological polar surface area (TPSA) is 109 Å². The van der Waals surface area contributed by atoms with Crippen LogP contribution in [-0.2, 0) is 26.2 Å². The largest absolute Gasteiger partial charge is 4.00 e. The molecular weight excluding hydrogens is 298 g/mol. The van der Waals surface area contributed by atoms with Crippen molar-refractivity contribution in [2.45, 2.75) is 0 Å². The number of nitrogens with zero attached hydrogens (tertiary/aromatic N) is 6. The Kier molecular flexibility index (Phi) is 20.0. The van der Waals surface area contributed by atoms with Crippen molar-refractivity contribution in [1.29, 1.82) is 0 Å². The molecule has 0 saturated carbocycles. The average molecular weight is 300 g/mol. The minimum Gasteiger partial charge on any atom is -1.00 e. The van der Waals surface area contributed by atoms with E-state index in [-0.39, 0.29) is 51.0 Å². The second kappa shape index (κ2) is 14.1. The summed E-state index contributed by atoms with van der Waals surface area (Å²) in [5.41, 5.74) is 0. The predicted molar refractivity (Wildman–Crippen MR) is 26.0 cm³/mol. The fraction of sp³-hybridized carbons (Fsp3) is 0. The first kappa shape index (κ1) is 18.4. The quantitative estimate of drug-likeness (QED) is 0.468. The molecule has 0 fully saturated rings. The molecule has 0 radical (unpaired) electrons. The van der Waals surface area contributed by atoms with Crippen molar-refractivity contribution in [2.24, 2.45) is 0 Å². The summed E-state index contributed by atoms with van der Waals surface area (Å²) in [5, 5.41) is 23.6. The monoisotopic (exact) mass is 298 g/mol. The summed E-state index contributed by atoms with van der Waals surface area (Å²) in [7, 11) is 0. The van der Waals surface area contributed by atoms with E-state index < -0.39 is 0 Å². The summed E-state index contributed by atoms with van der Waals surface area (Å²) in [4.78, 5) is 0. The maximum atomic E-state index is 3.25. The van der Waals surface area contributed by atoms with E-state index in [9.17, 15) is 0 Å². The smallest absolute Gasteiger partial charge is 1.00 e. The molecule has 68 valence electrons. The van der Waals surface area contributed by atoms with Gasteiger partial charge < -0.3 is 45.2 Å². The summed E-state index contributed by atoms with van der Waals surface area (Å²) >= 11 is 0. The van der Waals surface area contributed by atoms with Gasteiger partial charge in [0.05, 0.1) is 0 Å². The first-order valence-corrected chi connectivity index (χ1v) is 2.19. The summed E-state index contributed by atoms with van der Waals surface area (Å²) in [6.07, 6.45) is 4.39. The van der Waals surface area contributed by atoms with Gasteiger partial charge >= 0.3 is 26.2 Å². The van der Waals surface area contributed by atoms with Gasteiger partial charge in [0, 0.05) is 0 Å². The average Bonchev–Trinajstić information content (AvgIpc) is 2.67. The van der Waals surface area contributed by atoms with Crippen LogP contribution in [0, 0.1) is 12.7 Å². The van der Waals surface area contributed by atoms with Crippen LogP contribution in [0.4, 0.5) is 0 Å². The van der Waals surface area contributed by atoms with Crippen molar-refractivity contribution in [3.8, 4) is 0 Å². The van der Waals surface area contributed by atoms with Crippen molar-refractivity contribution in [3.05, 3.63) is 12.7 Å². The van der Waals surface area contributed by atoms with Crippen LogP contribution in [-0.4, -0.2) is 41.2 Å². The molecule has 13 heavy (non-hydrogen) atoms. The zero-order valence-electron chi connectivity index (χ0n) is 5.94. The molecule has 2 aromatic heterocycles. The SMILES string of the molecule is [Cl-].[Cl-].[Zr+4].[c-]1nn[nH]n1.[c-]1nn[nH]n1. The second-order valence-electron chi connectivity index (χ2n) is 1.02. The number of H-pyrrole nitrogens is 2. The molecule has 2 rings (SSSR count). The summed E-state index contributed by atoms with van der Waals surface area (Å²) in [6.45, 7) is 0. The Morgan fingerprint density at radius 2 is 1.15 bits per heavy atom. The van der Waals surface area contributed by atoms with Gasteiger partial charge in [-0.3, -0.25) is 0 Å². The Morgan fingerprint density at radius 1 is 0.769 bits per heavy atom. The van der Waals surface area contributed by atoms with Crippen molar-refractivity contribution in [3.63, 3.8) is 0 Å². The van der Waals surface area contributed by atoms with E-state index in [1.54, 1.807) is 0 Å². The number of tetrazole rings is 2. The third-order valence-electron chi connectivity index (χ3n) is 0.479. The van der Waals surface area contributed by atoms with E-state index in [0.717, 1.165) is 0 Å². The number of halogens is 2. The molecule has 2 heterocycles. The van der Waals surface area contributed by atoms with Gasteiger partial charge in [0.1, 0.15) is 0 Å². The molecule has 0 atom stereocenters. The van der Waals surface area contributed by atoms with Gasteiger partial charge in [-0.25, -0.2) is 23.1 Å². The Bertz CT molecular complexity index is 159. The van der Waals surface area contributed by atoms with Gasteiger partial charge in [0.2, 0.25) is 0 Å². The van der Waals surface area contributed by atoms with Crippen LogP contribution >= 0.6 is 0 Å². The molecule has 0 bridgehead atoms. The van der Waals surface area contributed by atoms with E-state index in [1.165, 1.54) is 0 Å². The Morgan fingerprint density at radius 3 is 1.23 bits per heavy atom. The Hall–Kier alpha value is -0.397. The molecule has 2 N–H and O–H groups in total. The summed E-state index contributed by atoms with van der Waals surface area (Å²) in [5.74, 6) is 0. The van der Waals surface area contributed by atoms with Crippen LogP contribution in [0.2, 0.25) is 0 Å². The van der Waals surface area contributed by atoms with E-state index in [2.05, 4.69) is 53.9 Å². The first-order chi connectivity index (χ1) is 5.00. The van der Waals surface area contributed by atoms with Gasteiger partial charge in [-0.15, -0.1) is 0 Å². The van der Waals surface area contributed by atoms with E-state index in [4.69, 9.17) is 0 Å². The number of hydrogen-bond acceptors (Lipinski definition) is 6. The molecule has 2 aromatic rings. The maximum Gasteiger partial charge on any atom is 4.00 e. The normalized spacial score (nSPS) is 6.15. The van der Waals surface area contributed by atoms with E-state index >= 15 is 0 Å². The van der Waals surface area contributed by atoms with Crippen molar-refractivity contribution in [1.82, 2.24) is 41.2 Å². The van der Waals surface area contributed by atoms with Crippen LogP contribution in [0.5, 0.6) is 0 Å². The molecule has 0 aromatic carbocycles. The van der Waals surface area contributed by atoms with Crippen LogP contribution in [0.3, 0.4) is 0 Å². The Labute approximate surface area is 105 Å². The summed E-state index contributed by atoms with van der Waals surface area (Å²) < 4.78 is 0. The number of nitrogens with one attached hydrogen (secondary N) is 2. The zero-order valence-corrected chi connectivity index (χ0v) is 9.91. The number of aromatic amines is 2. The van der Waals surface area contributed by atoms with E-state index in [0.29, 0.717) is 0 Å². The van der Waals surface area contributed by atoms with Crippen LogP contribution < -0.4 is 24.8 Å². The van der Waals surface area contributed by atoms with Crippen molar-refractivity contribution < 1.29 is 51.0 Å². The number of hydrogen-bond donors (Lipinski definition) is 2. The molecular formula is C2H2Cl2N8Zr. The summed E-state index contributed by atoms with van der Waals surface area (Å²) in [6, 6.07) is 0. The third-order valence-corrected chi connectivity index (χ3v) is 0.479. The minimum absolute atomic E-state index is 0. The van der Waals surface area contributed by atoms with E-state index in [1.807, 2.05) is 0 Å². The minimum atomic E-state index is 0. The molecule has 0 saturated heterocycles. The van der Waals surface area contributed by atoms with Crippen LogP contribution in [0.25, 0.3) is 0 Å². The van der Waals surface area contributed by atoms with Gasteiger partial charge in [-0.1, -0.05) is 10.4 Å². The van der Waals surface area contributed by atoms with Gasteiger partial charge in [0.15, 0.2) is 0 Å². The van der Waals surface area contributed by atoms with Gasteiger partial charge in [-0.05, 0) is 0 Å². The molecule has 0 aliphatic heterocycles. The molecule has 8 nitrogen and oxygen atoms in total. The fourth-order valence-electron chi connectivity index (χ4n) is 0.224. The fourth-order valence-corrected chi connectivity index (χ4v) is 0.224. The number of aromatic nitrogens is 8. The van der Waals surface area contributed by atoms with Crippen molar-refractivity contribution in [2.75, 3.05) is 0 Å². The molecule has 0 unspecified atom stereocenters. The molecule has 0 amide bonds. The van der Waals surface area contributed by atoms with Crippen LogP contribution in [0.15, 0.2) is 0 Å². The maximum absolute atomic E-state index is 3.25. The van der Waals surface area contributed by atoms with Crippen LogP contribution in [0.1, 0.15) is 0 Å². The molecule has 0 aliphatic carbocycles. The first-order valence-electron chi connectivity index (χ1n) is 2.19. The second-order valence-corrected chi connectivity index (χ2v) is 1.02. The molecule has 11 heteroatoms. The number of rotatable bonds is 0. The van der Waals surface area contributed by atoms with Crippen molar-refractivity contribution >= 4 is 0 Å². The predicted octanol–water partition coefficient (Wildman–Crippen LogP) is -7.99.